The van der Waals surface area contributed by atoms with Gasteiger partial charge in [0.25, 0.3) is 5.91 Å². The van der Waals surface area contributed by atoms with E-state index in [0.29, 0.717) is 18.7 Å². The molecule has 0 aliphatic carbocycles. The third kappa shape index (κ3) is 5.39. The number of hydrogen-bond donors (Lipinski definition) is 4. The van der Waals surface area contributed by atoms with Crippen LogP contribution < -0.4 is 10.6 Å². The number of carbonyl (C=O) groups excluding carboxylic acids is 1. The fourth-order valence-electron chi connectivity index (χ4n) is 2.09. The lowest BCUT2D eigenvalue weighted by Gasteiger charge is -2.06. The first-order chi connectivity index (χ1) is 12.5. The number of phenolic OH excluding ortho intramolecular Hbond substituents is 1. The van der Waals surface area contributed by atoms with Crippen molar-refractivity contribution in [2.45, 2.75) is 6.42 Å². The number of carboxylic acid groups (broad SMARTS) is 1. The molecule has 26 heavy (non-hydrogen) atoms. The van der Waals surface area contributed by atoms with Crippen LogP contribution in [0.5, 0.6) is 5.75 Å². The molecule has 132 valence electrons. The number of nitrogens with zero attached hydrogens (tertiary/aromatic N) is 1. The molecule has 0 saturated carbocycles. The Hall–Kier alpha value is -3.79. The van der Waals surface area contributed by atoms with Crippen LogP contribution in [-0.4, -0.2) is 28.6 Å². The molecule has 0 aliphatic heterocycles. The first-order valence-corrected chi connectivity index (χ1v) is 7.76. The van der Waals surface area contributed by atoms with Gasteiger partial charge in [0.1, 0.15) is 17.4 Å². The molecule has 0 aromatic heterocycles. The molecule has 0 unspecified atom stereocenters. The quantitative estimate of drug-likeness (QED) is 0.448. The zero-order valence-corrected chi connectivity index (χ0v) is 13.8. The van der Waals surface area contributed by atoms with E-state index in [-0.39, 0.29) is 16.9 Å². The van der Waals surface area contributed by atoms with Gasteiger partial charge in [-0.3, -0.25) is 4.79 Å². The summed E-state index contributed by atoms with van der Waals surface area (Å²) in [5.41, 5.74) is 1.55. The summed E-state index contributed by atoms with van der Waals surface area (Å²) in [6.45, 7) is 0.343. The zero-order valence-electron chi connectivity index (χ0n) is 13.8. The maximum atomic E-state index is 12.0. The zero-order chi connectivity index (χ0) is 18.9. The maximum absolute atomic E-state index is 12.0. The lowest BCUT2D eigenvalue weighted by atomic mass is 10.1. The highest BCUT2D eigenvalue weighted by molar-refractivity contribution is 5.97. The minimum atomic E-state index is -1.03. The predicted molar refractivity (Wildman–Crippen MR) is 95.5 cm³/mol. The van der Waals surface area contributed by atoms with E-state index in [0.717, 1.165) is 5.56 Å². The van der Waals surface area contributed by atoms with Crippen LogP contribution in [0.4, 0.5) is 5.69 Å². The fourth-order valence-corrected chi connectivity index (χ4v) is 2.09. The van der Waals surface area contributed by atoms with Gasteiger partial charge >= 0.3 is 5.97 Å². The minimum Gasteiger partial charge on any atom is -0.508 e. The van der Waals surface area contributed by atoms with Gasteiger partial charge in [0.2, 0.25) is 0 Å². The second-order valence-electron chi connectivity index (χ2n) is 5.37. The number of phenols is 1. The van der Waals surface area contributed by atoms with Crippen LogP contribution in [0.2, 0.25) is 0 Å². The van der Waals surface area contributed by atoms with Crippen molar-refractivity contribution in [3.63, 3.8) is 0 Å². The first kappa shape index (κ1) is 18.5. The van der Waals surface area contributed by atoms with Gasteiger partial charge in [-0.2, -0.15) is 5.26 Å². The summed E-state index contributed by atoms with van der Waals surface area (Å²) in [6, 6.07) is 14.4. The maximum Gasteiger partial charge on any atom is 0.335 e. The molecule has 2 rings (SSSR count). The van der Waals surface area contributed by atoms with Crippen molar-refractivity contribution in [3.05, 3.63) is 71.4 Å². The van der Waals surface area contributed by atoms with Crippen molar-refractivity contribution >= 4 is 17.6 Å². The number of nitriles is 1. The highest BCUT2D eigenvalue weighted by Crippen LogP contribution is 2.11. The molecule has 7 heteroatoms. The number of carboxylic acids is 1. The summed E-state index contributed by atoms with van der Waals surface area (Å²) in [6.07, 6.45) is 1.83. The van der Waals surface area contributed by atoms with E-state index in [9.17, 15) is 14.7 Å². The Balaban J connectivity index is 1.88. The lowest BCUT2D eigenvalue weighted by molar-refractivity contribution is -0.117. The molecule has 0 spiro atoms. The minimum absolute atomic E-state index is 0.0991. The Labute approximate surface area is 150 Å². The van der Waals surface area contributed by atoms with Crippen molar-refractivity contribution in [1.82, 2.24) is 5.32 Å². The van der Waals surface area contributed by atoms with Gasteiger partial charge in [-0.05, 0) is 48.4 Å². The summed E-state index contributed by atoms with van der Waals surface area (Å²) in [4.78, 5) is 22.8. The Bertz CT molecular complexity index is 850. The number of hydrogen-bond acceptors (Lipinski definition) is 5. The largest absolute Gasteiger partial charge is 0.508 e. The molecular weight excluding hydrogens is 334 g/mol. The number of benzene rings is 2. The Morgan fingerprint density at radius 1 is 1.08 bits per heavy atom. The lowest BCUT2D eigenvalue weighted by Crippen LogP contribution is -2.27. The van der Waals surface area contributed by atoms with E-state index in [1.807, 2.05) is 6.07 Å². The van der Waals surface area contributed by atoms with Crippen LogP contribution >= 0.6 is 0 Å². The topological polar surface area (TPSA) is 122 Å². The molecule has 7 nitrogen and oxygen atoms in total. The molecule has 0 heterocycles. The van der Waals surface area contributed by atoms with Gasteiger partial charge < -0.3 is 20.8 Å². The summed E-state index contributed by atoms with van der Waals surface area (Å²) >= 11 is 0. The number of aromatic hydroxyl groups is 1. The van der Waals surface area contributed by atoms with E-state index < -0.39 is 11.9 Å². The van der Waals surface area contributed by atoms with Gasteiger partial charge in [0.05, 0.1) is 5.56 Å². The van der Waals surface area contributed by atoms with E-state index in [4.69, 9.17) is 10.4 Å². The number of rotatable bonds is 7. The standard InChI is InChI=1S/C19H17N3O4/c20-11-15(12-22-16-5-3-14(4-6-16)19(25)26)18(24)21-10-9-13-1-7-17(23)8-2-13/h1-8,12,22-23H,9-10H2,(H,21,24)(H,25,26)/b15-12-. The molecule has 0 saturated heterocycles. The molecule has 0 atom stereocenters. The number of carbonyl (C=O) groups is 2. The average molecular weight is 351 g/mol. The highest BCUT2D eigenvalue weighted by Gasteiger charge is 2.08. The van der Waals surface area contributed by atoms with Gasteiger partial charge in [-0.1, -0.05) is 12.1 Å². The van der Waals surface area contributed by atoms with Crippen LogP contribution in [-0.2, 0) is 11.2 Å². The van der Waals surface area contributed by atoms with Gasteiger partial charge in [-0.15, -0.1) is 0 Å². The Kier molecular flexibility index (Phi) is 6.34. The summed E-state index contributed by atoms with van der Waals surface area (Å²) in [5, 5.41) is 32.6. The van der Waals surface area contributed by atoms with Crippen molar-refractivity contribution < 1.29 is 19.8 Å². The van der Waals surface area contributed by atoms with E-state index in [1.54, 1.807) is 24.3 Å². The molecule has 0 fully saturated rings. The average Bonchev–Trinajstić information content (AvgIpc) is 2.64. The highest BCUT2D eigenvalue weighted by atomic mass is 16.4. The van der Waals surface area contributed by atoms with Crippen LogP contribution in [0.25, 0.3) is 0 Å². The molecule has 1 amide bonds. The molecule has 0 radical (unpaired) electrons. The van der Waals surface area contributed by atoms with E-state index in [1.165, 1.54) is 30.5 Å². The molecule has 2 aromatic rings. The molecule has 0 bridgehead atoms. The van der Waals surface area contributed by atoms with Crippen LogP contribution in [0, 0.1) is 11.3 Å². The monoisotopic (exact) mass is 351 g/mol. The number of amides is 1. The third-order valence-electron chi connectivity index (χ3n) is 3.52. The van der Waals surface area contributed by atoms with Crippen LogP contribution in [0.1, 0.15) is 15.9 Å². The predicted octanol–water partition coefficient (Wildman–Crippen LogP) is 2.27. The van der Waals surface area contributed by atoms with Crippen molar-refractivity contribution in [2.24, 2.45) is 0 Å². The molecule has 0 aliphatic rings. The molecule has 4 N–H and O–H groups in total. The van der Waals surface area contributed by atoms with Gasteiger partial charge in [-0.25, -0.2) is 4.79 Å². The van der Waals surface area contributed by atoms with Gasteiger partial charge in [0, 0.05) is 18.4 Å². The second kappa shape index (κ2) is 8.89. The Morgan fingerprint density at radius 3 is 2.31 bits per heavy atom. The second-order valence-corrected chi connectivity index (χ2v) is 5.37. The SMILES string of the molecule is N#C/C(=C/Nc1ccc(C(=O)O)cc1)C(=O)NCCc1ccc(O)cc1. The molecular formula is C19H17N3O4. The van der Waals surface area contributed by atoms with Crippen LogP contribution in [0.3, 0.4) is 0 Å². The smallest absolute Gasteiger partial charge is 0.335 e. The van der Waals surface area contributed by atoms with Crippen molar-refractivity contribution in [1.29, 1.82) is 5.26 Å². The third-order valence-corrected chi connectivity index (χ3v) is 3.52. The number of aromatic carboxylic acids is 1. The fraction of sp³-hybridized carbons (Fsp3) is 0.105. The van der Waals surface area contributed by atoms with E-state index in [2.05, 4.69) is 10.6 Å². The summed E-state index contributed by atoms with van der Waals surface area (Å²) in [7, 11) is 0. The van der Waals surface area contributed by atoms with Crippen LogP contribution in [0.15, 0.2) is 60.3 Å². The summed E-state index contributed by atoms with van der Waals surface area (Å²) < 4.78 is 0. The number of nitrogens with one attached hydrogen (secondary N) is 2. The normalized spacial score (nSPS) is 10.7. The van der Waals surface area contributed by atoms with E-state index >= 15 is 0 Å². The first-order valence-electron chi connectivity index (χ1n) is 7.76. The van der Waals surface area contributed by atoms with Crippen molar-refractivity contribution in [3.8, 4) is 11.8 Å². The van der Waals surface area contributed by atoms with Crippen molar-refractivity contribution in [2.75, 3.05) is 11.9 Å². The van der Waals surface area contributed by atoms with Gasteiger partial charge in [0.15, 0.2) is 0 Å². The Morgan fingerprint density at radius 2 is 1.73 bits per heavy atom. The number of anilines is 1. The molecule has 2 aromatic carbocycles. The summed E-state index contributed by atoms with van der Waals surface area (Å²) in [5.74, 6) is -1.37.